The van der Waals surface area contributed by atoms with Crippen LogP contribution in [-0.2, 0) is 19.1 Å². The fourth-order valence-corrected chi connectivity index (χ4v) is 3.98. The molecule has 0 aromatic heterocycles. The Kier molecular flexibility index (Phi) is 13.3. The number of hydrogen-bond acceptors (Lipinski definition) is 4. The number of carbonyl (C=O) groups is 2. The van der Waals surface area contributed by atoms with Crippen molar-refractivity contribution in [3.05, 3.63) is 0 Å². The number of hydrogen-bond donors (Lipinski definition) is 0. The summed E-state index contributed by atoms with van der Waals surface area (Å²) in [6.45, 7) is 7.58. The van der Waals surface area contributed by atoms with E-state index in [2.05, 4.69) is 20.8 Å². The second kappa shape index (κ2) is 14.9. The van der Waals surface area contributed by atoms with Crippen molar-refractivity contribution in [2.24, 2.45) is 17.8 Å². The summed E-state index contributed by atoms with van der Waals surface area (Å²) >= 11 is 0. The Morgan fingerprint density at radius 1 is 0.815 bits per heavy atom. The van der Waals surface area contributed by atoms with Crippen molar-refractivity contribution in [2.75, 3.05) is 13.2 Å². The Morgan fingerprint density at radius 2 is 1.44 bits per heavy atom. The van der Waals surface area contributed by atoms with Gasteiger partial charge >= 0.3 is 11.9 Å². The smallest absolute Gasteiger partial charge is 0.308 e. The van der Waals surface area contributed by atoms with Crippen LogP contribution in [0.25, 0.3) is 0 Å². The second-order valence-electron chi connectivity index (χ2n) is 8.22. The summed E-state index contributed by atoms with van der Waals surface area (Å²) in [5.41, 5.74) is 0. The van der Waals surface area contributed by atoms with Crippen LogP contribution in [0.2, 0.25) is 0 Å². The molecule has 4 heteroatoms. The summed E-state index contributed by atoms with van der Waals surface area (Å²) in [6.07, 6.45) is 13.4. The van der Waals surface area contributed by atoms with E-state index in [9.17, 15) is 9.59 Å². The Balaban J connectivity index is 2.37. The van der Waals surface area contributed by atoms with Gasteiger partial charge in [-0.1, -0.05) is 65.7 Å². The molecule has 1 rings (SSSR count). The van der Waals surface area contributed by atoms with E-state index in [0.717, 1.165) is 57.8 Å². The molecular weight excluding hydrogens is 340 g/mol. The van der Waals surface area contributed by atoms with Crippen LogP contribution >= 0.6 is 0 Å². The van der Waals surface area contributed by atoms with Gasteiger partial charge in [0.1, 0.15) is 0 Å². The monoisotopic (exact) mass is 382 g/mol. The first-order valence-corrected chi connectivity index (χ1v) is 11.5. The first kappa shape index (κ1) is 24.0. The van der Waals surface area contributed by atoms with Gasteiger partial charge in [0.05, 0.1) is 25.0 Å². The molecule has 4 nitrogen and oxygen atoms in total. The molecule has 0 saturated heterocycles. The molecule has 0 aliphatic heterocycles. The normalized spacial score (nSPS) is 20.9. The third kappa shape index (κ3) is 10.2. The summed E-state index contributed by atoms with van der Waals surface area (Å²) in [4.78, 5) is 24.8. The molecule has 0 amide bonds. The maximum atomic E-state index is 12.5. The lowest BCUT2D eigenvalue weighted by Crippen LogP contribution is -2.30. The zero-order valence-corrected chi connectivity index (χ0v) is 18.0. The molecule has 0 radical (unpaired) electrons. The molecule has 0 heterocycles. The number of ether oxygens (including phenoxy) is 2. The highest BCUT2D eigenvalue weighted by Crippen LogP contribution is 2.31. The van der Waals surface area contributed by atoms with Gasteiger partial charge in [-0.05, 0) is 44.4 Å². The predicted molar refractivity (Wildman–Crippen MR) is 109 cm³/mol. The van der Waals surface area contributed by atoms with Crippen molar-refractivity contribution < 1.29 is 19.1 Å². The number of carbonyl (C=O) groups excluding carboxylic acids is 2. The van der Waals surface area contributed by atoms with Gasteiger partial charge in [0.15, 0.2) is 0 Å². The molecule has 0 N–H and O–H groups in total. The van der Waals surface area contributed by atoms with E-state index < -0.39 is 0 Å². The fourth-order valence-electron chi connectivity index (χ4n) is 3.98. The van der Waals surface area contributed by atoms with Crippen LogP contribution in [0.3, 0.4) is 0 Å². The average Bonchev–Trinajstić information content (AvgIpc) is 2.69. The van der Waals surface area contributed by atoms with E-state index in [1.807, 2.05) is 0 Å². The highest BCUT2D eigenvalue weighted by molar-refractivity contribution is 5.76. The highest BCUT2D eigenvalue weighted by Gasteiger charge is 2.33. The first-order chi connectivity index (χ1) is 13.1. The third-order valence-electron chi connectivity index (χ3n) is 5.71. The lowest BCUT2D eigenvalue weighted by atomic mass is 9.81. The lowest BCUT2D eigenvalue weighted by molar-refractivity contribution is -0.156. The minimum Gasteiger partial charge on any atom is -0.465 e. The second-order valence-corrected chi connectivity index (χ2v) is 8.22. The van der Waals surface area contributed by atoms with Crippen LogP contribution in [0.4, 0.5) is 0 Å². The van der Waals surface area contributed by atoms with Gasteiger partial charge < -0.3 is 9.47 Å². The number of esters is 2. The molecule has 1 fully saturated rings. The van der Waals surface area contributed by atoms with E-state index in [4.69, 9.17) is 9.47 Å². The summed E-state index contributed by atoms with van der Waals surface area (Å²) in [5.74, 6) is -0.00527. The van der Waals surface area contributed by atoms with E-state index in [-0.39, 0.29) is 23.8 Å². The minimum atomic E-state index is -0.134. The SMILES string of the molecule is CCCCCOC(=O)C1CCCC(C(=O)OCC(CCC)CCCCC)C1. The van der Waals surface area contributed by atoms with E-state index >= 15 is 0 Å². The summed E-state index contributed by atoms with van der Waals surface area (Å²) in [5, 5.41) is 0. The van der Waals surface area contributed by atoms with Crippen LogP contribution < -0.4 is 0 Å². The predicted octanol–water partition coefficient (Wildman–Crippen LogP) is 6.07. The van der Waals surface area contributed by atoms with Gasteiger partial charge in [-0.2, -0.15) is 0 Å². The van der Waals surface area contributed by atoms with Gasteiger partial charge in [-0.3, -0.25) is 9.59 Å². The van der Waals surface area contributed by atoms with Crippen LogP contribution in [0, 0.1) is 17.8 Å². The fraction of sp³-hybridized carbons (Fsp3) is 0.913. The van der Waals surface area contributed by atoms with Gasteiger partial charge in [0.25, 0.3) is 0 Å². The molecule has 3 atom stereocenters. The van der Waals surface area contributed by atoms with Crippen molar-refractivity contribution in [1.29, 1.82) is 0 Å². The molecule has 3 unspecified atom stereocenters. The molecule has 158 valence electrons. The zero-order valence-electron chi connectivity index (χ0n) is 18.0. The molecule has 0 aromatic carbocycles. The minimum absolute atomic E-state index is 0.102. The maximum Gasteiger partial charge on any atom is 0.308 e. The van der Waals surface area contributed by atoms with Crippen molar-refractivity contribution >= 4 is 11.9 Å². The van der Waals surface area contributed by atoms with Crippen molar-refractivity contribution in [1.82, 2.24) is 0 Å². The molecule has 0 bridgehead atoms. The van der Waals surface area contributed by atoms with Crippen molar-refractivity contribution in [2.45, 2.75) is 104 Å². The summed E-state index contributed by atoms with van der Waals surface area (Å²) in [6, 6.07) is 0. The lowest BCUT2D eigenvalue weighted by Gasteiger charge is -2.27. The van der Waals surface area contributed by atoms with Gasteiger partial charge in [-0.15, -0.1) is 0 Å². The van der Waals surface area contributed by atoms with Crippen LogP contribution in [-0.4, -0.2) is 25.2 Å². The first-order valence-electron chi connectivity index (χ1n) is 11.5. The Morgan fingerprint density at radius 3 is 2.07 bits per heavy atom. The highest BCUT2D eigenvalue weighted by atomic mass is 16.5. The standard InChI is InChI=1S/C23H42O4/c1-4-7-9-13-19(12-6-3)18-27-23(25)21-15-11-14-20(17-21)22(24)26-16-10-8-5-2/h19-21H,4-18H2,1-3H3. The van der Waals surface area contributed by atoms with Crippen molar-refractivity contribution in [3.63, 3.8) is 0 Å². The van der Waals surface area contributed by atoms with E-state index in [1.165, 1.54) is 19.3 Å². The van der Waals surface area contributed by atoms with Crippen molar-refractivity contribution in [3.8, 4) is 0 Å². The zero-order chi connectivity index (χ0) is 19.9. The largest absolute Gasteiger partial charge is 0.465 e. The molecule has 27 heavy (non-hydrogen) atoms. The molecular formula is C23H42O4. The van der Waals surface area contributed by atoms with Crippen LogP contribution in [0.5, 0.6) is 0 Å². The van der Waals surface area contributed by atoms with Gasteiger partial charge in [-0.25, -0.2) is 0 Å². The molecule has 1 aliphatic rings. The quantitative estimate of drug-likeness (QED) is 0.270. The molecule has 1 aliphatic carbocycles. The van der Waals surface area contributed by atoms with Gasteiger partial charge in [0, 0.05) is 0 Å². The molecule has 0 aromatic rings. The molecule has 1 saturated carbocycles. The number of unbranched alkanes of at least 4 members (excludes halogenated alkanes) is 4. The van der Waals surface area contributed by atoms with E-state index in [0.29, 0.717) is 25.6 Å². The third-order valence-corrected chi connectivity index (χ3v) is 5.71. The summed E-state index contributed by atoms with van der Waals surface area (Å²) < 4.78 is 11.1. The van der Waals surface area contributed by atoms with E-state index in [1.54, 1.807) is 0 Å². The molecule has 0 spiro atoms. The number of rotatable bonds is 14. The van der Waals surface area contributed by atoms with Crippen LogP contribution in [0.1, 0.15) is 104 Å². The Hall–Kier alpha value is -1.06. The summed E-state index contributed by atoms with van der Waals surface area (Å²) in [7, 11) is 0. The maximum absolute atomic E-state index is 12.5. The average molecular weight is 383 g/mol. The topological polar surface area (TPSA) is 52.6 Å². The van der Waals surface area contributed by atoms with Crippen LogP contribution in [0.15, 0.2) is 0 Å². The van der Waals surface area contributed by atoms with Gasteiger partial charge in [0.2, 0.25) is 0 Å². The Labute approximate surface area is 166 Å². The Bertz CT molecular complexity index is 407.